The molecule has 0 aliphatic carbocycles. The number of nitrogens with zero attached hydrogens (tertiary/aromatic N) is 2. The summed E-state index contributed by atoms with van der Waals surface area (Å²) in [5.41, 5.74) is 1.17. The van der Waals surface area contributed by atoms with Gasteiger partial charge in [-0.1, -0.05) is 29.8 Å². The third-order valence-electron chi connectivity index (χ3n) is 3.01. The number of rotatable bonds is 2. The topological polar surface area (TPSA) is 56.0 Å². The van der Waals surface area contributed by atoms with Gasteiger partial charge in [0.15, 0.2) is 0 Å². The molecule has 20 heavy (non-hydrogen) atoms. The number of hydrogen-bond donors (Lipinski definition) is 0. The van der Waals surface area contributed by atoms with Gasteiger partial charge in [0, 0.05) is 20.8 Å². The molecular formula is C14H9ClN2O2S. The van der Waals surface area contributed by atoms with E-state index in [1.807, 2.05) is 19.1 Å². The predicted molar refractivity (Wildman–Crippen MR) is 81.5 cm³/mol. The summed E-state index contributed by atoms with van der Waals surface area (Å²) in [5.74, 6) is 0. The molecule has 0 aliphatic heterocycles. The van der Waals surface area contributed by atoms with Gasteiger partial charge in [0.2, 0.25) is 0 Å². The average Bonchev–Trinajstić information content (AvgIpc) is 2.78. The van der Waals surface area contributed by atoms with E-state index in [0.29, 0.717) is 16.1 Å². The fourth-order valence-corrected chi connectivity index (χ4v) is 3.27. The minimum atomic E-state index is -0.419. The highest BCUT2D eigenvalue weighted by Gasteiger charge is 2.22. The van der Waals surface area contributed by atoms with Crippen LogP contribution in [0.25, 0.3) is 21.3 Å². The highest BCUT2D eigenvalue weighted by atomic mass is 35.5. The molecule has 0 amide bonds. The lowest BCUT2D eigenvalue weighted by Gasteiger charge is -2.06. The number of nitro groups is 1. The Kier molecular flexibility index (Phi) is 3.16. The summed E-state index contributed by atoms with van der Waals surface area (Å²) in [5, 5.41) is 12.5. The molecule has 3 rings (SSSR count). The quantitative estimate of drug-likeness (QED) is 0.503. The van der Waals surface area contributed by atoms with Crippen LogP contribution in [0.5, 0.6) is 0 Å². The zero-order chi connectivity index (χ0) is 14.3. The predicted octanol–water partition coefficient (Wildman–Crippen LogP) is 4.83. The Morgan fingerprint density at radius 3 is 2.80 bits per heavy atom. The van der Waals surface area contributed by atoms with Crippen molar-refractivity contribution in [2.24, 2.45) is 0 Å². The lowest BCUT2D eigenvalue weighted by atomic mass is 10.0. The van der Waals surface area contributed by atoms with E-state index >= 15 is 0 Å². The summed E-state index contributed by atoms with van der Waals surface area (Å²) in [4.78, 5) is 16.9. The van der Waals surface area contributed by atoms with Crippen LogP contribution in [0.4, 0.5) is 5.69 Å². The van der Waals surface area contributed by atoms with Crippen molar-refractivity contribution in [1.82, 2.24) is 4.98 Å². The van der Waals surface area contributed by atoms with Gasteiger partial charge in [0.05, 0.1) is 10.5 Å². The average molecular weight is 305 g/mol. The molecule has 0 bridgehead atoms. The Morgan fingerprint density at radius 1 is 1.35 bits per heavy atom. The van der Waals surface area contributed by atoms with E-state index in [1.54, 1.807) is 18.2 Å². The van der Waals surface area contributed by atoms with Crippen LogP contribution in [-0.2, 0) is 0 Å². The number of aryl methyl sites for hydroxylation is 1. The molecule has 0 saturated heterocycles. The molecule has 3 aromatic rings. The summed E-state index contributed by atoms with van der Waals surface area (Å²) in [6.45, 7) is 1.95. The molecule has 0 unspecified atom stereocenters. The second-order valence-corrected chi connectivity index (χ2v) is 5.97. The summed E-state index contributed by atoms with van der Waals surface area (Å²) in [7, 11) is 0. The zero-order valence-electron chi connectivity index (χ0n) is 10.5. The first-order valence-corrected chi connectivity index (χ1v) is 7.06. The van der Waals surface area contributed by atoms with Crippen LogP contribution < -0.4 is 0 Å². The fraction of sp³-hybridized carbons (Fsp3) is 0.0714. The highest BCUT2D eigenvalue weighted by Crippen LogP contribution is 2.41. The molecule has 0 atom stereocenters. The highest BCUT2D eigenvalue weighted by molar-refractivity contribution is 7.18. The minimum Gasteiger partial charge on any atom is -0.258 e. The number of benzene rings is 1. The monoisotopic (exact) mass is 304 g/mol. The minimum absolute atomic E-state index is 0.0246. The van der Waals surface area contributed by atoms with Crippen molar-refractivity contribution in [3.05, 3.63) is 56.5 Å². The van der Waals surface area contributed by atoms with Gasteiger partial charge >= 0.3 is 0 Å². The number of hydrogen-bond acceptors (Lipinski definition) is 4. The van der Waals surface area contributed by atoms with E-state index in [4.69, 9.17) is 11.6 Å². The molecule has 100 valence electrons. The molecule has 2 aromatic heterocycles. The normalized spacial score (nSPS) is 10.9. The molecule has 0 radical (unpaired) electrons. The molecule has 0 spiro atoms. The van der Waals surface area contributed by atoms with Gasteiger partial charge < -0.3 is 0 Å². The number of fused-ring (bicyclic) bond motifs is 1. The maximum atomic E-state index is 11.3. The molecule has 0 saturated carbocycles. The van der Waals surface area contributed by atoms with Crippen LogP contribution in [0.1, 0.15) is 4.88 Å². The van der Waals surface area contributed by atoms with Crippen molar-refractivity contribution in [3.63, 3.8) is 0 Å². The standard InChI is InChI=1S/C14H9ClN2O2S/c1-8-6-10-13(9-4-2-3-5-11(9)15)12(17(18)19)7-16-14(10)20-8/h2-7H,1H3. The second-order valence-electron chi connectivity index (χ2n) is 4.33. The summed E-state index contributed by atoms with van der Waals surface area (Å²) in [6.07, 6.45) is 1.30. The van der Waals surface area contributed by atoms with Crippen molar-refractivity contribution < 1.29 is 4.92 Å². The van der Waals surface area contributed by atoms with E-state index < -0.39 is 4.92 Å². The first-order valence-electron chi connectivity index (χ1n) is 5.86. The number of aromatic nitrogens is 1. The van der Waals surface area contributed by atoms with Crippen LogP contribution in [0, 0.1) is 17.0 Å². The zero-order valence-corrected chi connectivity index (χ0v) is 12.0. The van der Waals surface area contributed by atoms with Crippen LogP contribution in [0.3, 0.4) is 0 Å². The maximum Gasteiger partial charge on any atom is 0.296 e. The first kappa shape index (κ1) is 13.0. The summed E-state index contributed by atoms with van der Waals surface area (Å²) >= 11 is 7.71. The maximum absolute atomic E-state index is 11.3. The van der Waals surface area contributed by atoms with Gasteiger partial charge in [-0.15, -0.1) is 11.3 Å². The van der Waals surface area contributed by atoms with E-state index in [1.165, 1.54) is 17.5 Å². The number of pyridine rings is 1. The van der Waals surface area contributed by atoms with Gasteiger partial charge in [0.1, 0.15) is 11.0 Å². The van der Waals surface area contributed by atoms with E-state index in [2.05, 4.69) is 4.98 Å². The van der Waals surface area contributed by atoms with Crippen LogP contribution in [0.2, 0.25) is 5.02 Å². The summed E-state index contributed by atoms with van der Waals surface area (Å²) < 4.78 is 0. The van der Waals surface area contributed by atoms with Gasteiger partial charge in [-0.05, 0) is 19.1 Å². The largest absolute Gasteiger partial charge is 0.296 e. The Bertz CT molecular complexity index is 829. The Hall–Kier alpha value is -1.98. The molecular weight excluding hydrogens is 296 g/mol. The second kappa shape index (κ2) is 4.85. The van der Waals surface area contributed by atoms with Crippen molar-refractivity contribution in [2.45, 2.75) is 6.92 Å². The summed E-state index contributed by atoms with van der Waals surface area (Å²) in [6, 6.07) is 9.05. The van der Waals surface area contributed by atoms with Crippen molar-refractivity contribution in [1.29, 1.82) is 0 Å². The third kappa shape index (κ3) is 2.05. The molecule has 2 heterocycles. The third-order valence-corrected chi connectivity index (χ3v) is 4.29. The van der Waals surface area contributed by atoms with Crippen molar-refractivity contribution in [2.75, 3.05) is 0 Å². The lowest BCUT2D eigenvalue weighted by Crippen LogP contribution is -1.94. The van der Waals surface area contributed by atoms with Crippen molar-refractivity contribution in [3.8, 4) is 11.1 Å². The van der Waals surface area contributed by atoms with Crippen LogP contribution >= 0.6 is 22.9 Å². The smallest absolute Gasteiger partial charge is 0.258 e. The lowest BCUT2D eigenvalue weighted by molar-refractivity contribution is -0.384. The van der Waals surface area contributed by atoms with Crippen LogP contribution in [0.15, 0.2) is 36.5 Å². The Balaban J connectivity index is 2.45. The molecule has 6 heteroatoms. The first-order chi connectivity index (χ1) is 9.58. The number of thiophene rings is 1. The van der Waals surface area contributed by atoms with Gasteiger partial charge in [-0.25, -0.2) is 4.98 Å². The fourth-order valence-electron chi connectivity index (χ4n) is 2.18. The Morgan fingerprint density at radius 2 is 2.10 bits per heavy atom. The molecule has 4 nitrogen and oxygen atoms in total. The molecule has 0 N–H and O–H groups in total. The number of halogens is 1. The van der Waals surface area contributed by atoms with Crippen LogP contribution in [-0.4, -0.2) is 9.91 Å². The Labute approximate surface area is 123 Å². The van der Waals surface area contributed by atoms with E-state index in [0.717, 1.165) is 15.1 Å². The van der Waals surface area contributed by atoms with Crippen molar-refractivity contribution >= 4 is 38.8 Å². The van der Waals surface area contributed by atoms with E-state index in [9.17, 15) is 10.1 Å². The molecule has 0 aliphatic rings. The molecule has 0 fully saturated rings. The van der Waals surface area contributed by atoms with Gasteiger partial charge in [-0.3, -0.25) is 10.1 Å². The van der Waals surface area contributed by atoms with Gasteiger partial charge in [-0.2, -0.15) is 0 Å². The molecule has 1 aromatic carbocycles. The van der Waals surface area contributed by atoms with E-state index in [-0.39, 0.29) is 5.69 Å². The van der Waals surface area contributed by atoms with Gasteiger partial charge in [0.25, 0.3) is 5.69 Å². The SMILES string of the molecule is Cc1cc2c(-c3ccccc3Cl)c([N+](=O)[O-])cnc2s1.